The number of carbonyl (C=O) groups excluding carboxylic acids is 2. The second kappa shape index (κ2) is 11.1. The molecule has 7 N–H and O–H groups in total. The zero-order valence-electron chi connectivity index (χ0n) is 20.0. The SMILES string of the molecule is CC(C)[C@H](NC(=O)c1ccc(-c2cnccc2C(=O)Nc2ccc(C(=N)N)cc2)c(C(=O)O)c1)C(=O)O. The minimum absolute atomic E-state index is 0.0477. The molecule has 0 saturated heterocycles. The van der Waals surface area contributed by atoms with Crippen LogP contribution in [-0.2, 0) is 4.79 Å². The number of carboxylic acid groups (broad SMARTS) is 2. The lowest BCUT2D eigenvalue weighted by Gasteiger charge is -2.18. The number of benzene rings is 2. The third kappa shape index (κ3) is 6.14. The van der Waals surface area contributed by atoms with Crippen LogP contribution in [-0.4, -0.2) is 50.8 Å². The molecule has 0 radical (unpaired) electrons. The van der Waals surface area contributed by atoms with Crippen LogP contribution in [0.1, 0.15) is 50.5 Å². The highest BCUT2D eigenvalue weighted by Crippen LogP contribution is 2.28. The summed E-state index contributed by atoms with van der Waals surface area (Å²) < 4.78 is 0. The molecule has 11 heteroatoms. The quantitative estimate of drug-likeness (QED) is 0.189. The number of hydrogen-bond donors (Lipinski definition) is 6. The van der Waals surface area contributed by atoms with Crippen LogP contribution < -0.4 is 16.4 Å². The van der Waals surface area contributed by atoms with Crippen molar-refractivity contribution in [2.45, 2.75) is 19.9 Å². The molecule has 2 amide bonds. The second-order valence-corrected chi connectivity index (χ2v) is 8.47. The molecule has 0 unspecified atom stereocenters. The number of aliphatic carboxylic acids is 1. The molecule has 0 aliphatic carbocycles. The summed E-state index contributed by atoms with van der Waals surface area (Å²) in [5.41, 5.74) is 6.55. The van der Waals surface area contributed by atoms with E-state index in [2.05, 4.69) is 15.6 Å². The van der Waals surface area contributed by atoms with Gasteiger partial charge >= 0.3 is 11.9 Å². The maximum absolute atomic E-state index is 13.1. The molecular weight excluding hydrogens is 478 g/mol. The van der Waals surface area contributed by atoms with Gasteiger partial charge in [0.1, 0.15) is 11.9 Å². The summed E-state index contributed by atoms with van der Waals surface area (Å²) in [6, 6.07) is 10.4. The first-order chi connectivity index (χ1) is 17.5. The topological polar surface area (TPSA) is 196 Å². The van der Waals surface area contributed by atoms with Crippen LogP contribution in [0.4, 0.5) is 5.69 Å². The first-order valence-corrected chi connectivity index (χ1v) is 11.1. The molecule has 3 rings (SSSR count). The lowest BCUT2D eigenvalue weighted by molar-refractivity contribution is -0.140. The van der Waals surface area contributed by atoms with Crippen molar-refractivity contribution in [3.8, 4) is 11.1 Å². The van der Waals surface area contributed by atoms with Crippen LogP contribution in [0.5, 0.6) is 0 Å². The van der Waals surface area contributed by atoms with Gasteiger partial charge in [0.05, 0.1) is 11.1 Å². The number of amides is 2. The fourth-order valence-electron chi connectivity index (χ4n) is 3.57. The Labute approximate surface area is 211 Å². The number of anilines is 1. The fraction of sp³-hybridized carbons (Fsp3) is 0.154. The molecule has 1 heterocycles. The van der Waals surface area contributed by atoms with Crippen molar-refractivity contribution in [2.24, 2.45) is 11.7 Å². The van der Waals surface area contributed by atoms with Crippen molar-refractivity contribution in [3.63, 3.8) is 0 Å². The van der Waals surface area contributed by atoms with E-state index in [1.165, 1.54) is 30.6 Å². The van der Waals surface area contributed by atoms with Crippen molar-refractivity contribution >= 4 is 35.3 Å². The van der Waals surface area contributed by atoms with Gasteiger partial charge in [-0.25, -0.2) is 9.59 Å². The molecule has 0 spiro atoms. The van der Waals surface area contributed by atoms with Crippen LogP contribution >= 0.6 is 0 Å². The van der Waals surface area contributed by atoms with E-state index in [1.54, 1.807) is 38.1 Å². The molecule has 0 fully saturated rings. The number of nitrogens with one attached hydrogen (secondary N) is 3. The van der Waals surface area contributed by atoms with Crippen LogP contribution in [0.3, 0.4) is 0 Å². The molecule has 3 aromatic rings. The summed E-state index contributed by atoms with van der Waals surface area (Å²) in [6.07, 6.45) is 2.73. The van der Waals surface area contributed by atoms with Gasteiger partial charge in [0.2, 0.25) is 0 Å². The molecule has 0 aliphatic rings. The Morgan fingerprint density at radius 2 is 1.54 bits per heavy atom. The maximum Gasteiger partial charge on any atom is 0.336 e. The van der Waals surface area contributed by atoms with Gasteiger partial charge in [-0.05, 0) is 53.9 Å². The van der Waals surface area contributed by atoms with Crippen LogP contribution in [0, 0.1) is 11.3 Å². The molecule has 190 valence electrons. The van der Waals surface area contributed by atoms with Crippen molar-refractivity contribution < 1.29 is 29.4 Å². The molecule has 2 aromatic carbocycles. The highest BCUT2D eigenvalue weighted by atomic mass is 16.4. The molecule has 0 bridgehead atoms. The highest BCUT2D eigenvalue weighted by Gasteiger charge is 2.25. The Balaban J connectivity index is 1.96. The zero-order chi connectivity index (χ0) is 27.3. The van der Waals surface area contributed by atoms with Crippen LogP contribution in [0.25, 0.3) is 11.1 Å². The van der Waals surface area contributed by atoms with E-state index >= 15 is 0 Å². The summed E-state index contributed by atoms with van der Waals surface area (Å²) in [5, 5.41) is 31.7. The number of nitrogen functional groups attached to an aromatic ring is 1. The highest BCUT2D eigenvalue weighted by molar-refractivity contribution is 6.11. The standard InChI is InChI=1S/C26H25N5O6/c1-13(2)21(26(36)37)31-23(32)15-5-8-17(19(11-15)25(34)35)20-12-29-10-9-18(20)24(33)30-16-6-3-14(4-7-16)22(27)28/h3-13,21H,1-2H3,(H3,27,28)(H,30,33)(H,31,32)(H,34,35)(H,36,37)/t21-/m0/s1. The van der Waals surface area contributed by atoms with Gasteiger partial charge in [-0.15, -0.1) is 0 Å². The number of amidine groups is 1. The van der Waals surface area contributed by atoms with Gasteiger partial charge in [0, 0.05) is 34.8 Å². The number of aromatic nitrogens is 1. The molecule has 37 heavy (non-hydrogen) atoms. The Bertz CT molecular complexity index is 1380. The van der Waals surface area contributed by atoms with Crippen molar-refractivity contribution in [1.29, 1.82) is 5.41 Å². The van der Waals surface area contributed by atoms with E-state index in [4.69, 9.17) is 11.1 Å². The minimum atomic E-state index is -1.35. The van der Waals surface area contributed by atoms with E-state index in [-0.39, 0.29) is 33.7 Å². The number of nitrogens with zero attached hydrogens (tertiary/aromatic N) is 1. The third-order valence-electron chi connectivity index (χ3n) is 5.54. The second-order valence-electron chi connectivity index (χ2n) is 8.47. The van der Waals surface area contributed by atoms with E-state index in [9.17, 15) is 29.4 Å². The van der Waals surface area contributed by atoms with Gasteiger partial charge in [-0.1, -0.05) is 19.9 Å². The first kappa shape index (κ1) is 26.5. The predicted octanol–water partition coefficient (Wildman–Crippen LogP) is 2.82. The summed E-state index contributed by atoms with van der Waals surface area (Å²) >= 11 is 0. The lowest BCUT2D eigenvalue weighted by atomic mass is 9.94. The molecular formula is C26H25N5O6. The summed E-state index contributed by atoms with van der Waals surface area (Å²) in [4.78, 5) is 53.3. The fourth-order valence-corrected chi connectivity index (χ4v) is 3.57. The van der Waals surface area contributed by atoms with E-state index in [1.807, 2.05) is 0 Å². The summed E-state index contributed by atoms with van der Waals surface area (Å²) in [5.74, 6) is -4.34. The average molecular weight is 504 g/mol. The van der Waals surface area contributed by atoms with Gasteiger partial charge in [-0.3, -0.25) is 20.0 Å². The first-order valence-electron chi connectivity index (χ1n) is 11.1. The number of carboxylic acids is 2. The van der Waals surface area contributed by atoms with Gasteiger partial charge in [-0.2, -0.15) is 0 Å². The molecule has 11 nitrogen and oxygen atoms in total. The smallest absolute Gasteiger partial charge is 0.336 e. The number of hydrogen-bond acceptors (Lipinski definition) is 6. The number of pyridine rings is 1. The number of aromatic carboxylic acids is 1. The molecule has 0 saturated carbocycles. The van der Waals surface area contributed by atoms with E-state index in [0.717, 1.165) is 6.07 Å². The van der Waals surface area contributed by atoms with Gasteiger partial charge in [0.25, 0.3) is 11.8 Å². The lowest BCUT2D eigenvalue weighted by Crippen LogP contribution is -2.44. The van der Waals surface area contributed by atoms with E-state index in [0.29, 0.717) is 11.3 Å². The molecule has 1 atom stereocenters. The summed E-state index contributed by atoms with van der Waals surface area (Å²) in [6.45, 7) is 3.27. The van der Waals surface area contributed by atoms with E-state index < -0.39 is 35.7 Å². The number of nitrogens with two attached hydrogens (primary N) is 1. The van der Waals surface area contributed by atoms with Crippen molar-refractivity contribution in [3.05, 3.63) is 83.2 Å². The van der Waals surface area contributed by atoms with Crippen molar-refractivity contribution in [1.82, 2.24) is 10.3 Å². The van der Waals surface area contributed by atoms with Gasteiger partial charge in [0.15, 0.2) is 0 Å². The number of carbonyl (C=O) groups is 4. The maximum atomic E-state index is 13.1. The molecule has 0 aliphatic heterocycles. The predicted molar refractivity (Wildman–Crippen MR) is 136 cm³/mol. The Morgan fingerprint density at radius 3 is 2.11 bits per heavy atom. The van der Waals surface area contributed by atoms with Crippen LogP contribution in [0.15, 0.2) is 60.9 Å². The van der Waals surface area contributed by atoms with Crippen molar-refractivity contribution in [2.75, 3.05) is 5.32 Å². The molecule has 1 aromatic heterocycles. The Kier molecular flexibility index (Phi) is 7.98. The zero-order valence-corrected chi connectivity index (χ0v) is 20.0. The normalized spacial score (nSPS) is 11.4. The number of rotatable bonds is 9. The van der Waals surface area contributed by atoms with Gasteiger partial charge < -0.3 is 26.6 Å². The minimum Gasteiger partial charge on any atom is -0.480 e. The summed E-state index contributed by atoms with van der Waals surface area (Å²) in [7, 11) is 0. The Hall–Kier alpha value is -5.06. The largest absolute Gasteiger partial charge is 0.480 e. The average Bonchev–Trinajstić information content (AvgIpc) is 2.86. The monoisotopic (exact) mass is 503 g/mol. The third-order valence-corrected chi connectivity index (χ3v) is 5.54. The van der Waals surface area contributed by atoms with Crippen LogP contribution in [0.2, 0.25) is 0 Å². The Morgan fingerprint density at radius 1 is 0.892 bits per heavy atom.